The Kier molecular flexibility index (Phi) is 3.56. The number of aryl methyl sites for hydroxylation is 1. The van der Waals surface area contributed by atoms with E-state index in [1.54, 1.807) is 18.2 Å². The summed E-state index contributed by atoms with van der Waals surface area (Å²) in [4.78, 5) is 3.53. The second kappa shape index (κ2) is 5.03. The predicted molar refractivity (Wildman–Crippen MR) is 64.5 cm³/mol. The van der Waals surface area contributed by atoms with Crippen LogP contribution in [0.2, 0.25) is 0 Å². The highest BCUT2D eigenvalue weighted by molar-refractivity contribution is 5.68. The highest BCUT2D eigenvalue weighted by Gasteiger charge is 2.37. The van der Waals surface area contributed by atoms with E-state index in [1.807, 2.05) is 0 Å². The van der Waals surface area contributed by atoms with Gasteiger partial charge in [-0.15, -0.1) is 0 Å². The van der Waals surface area contributed by atoms with Gasteiger partial charge in [-0.05, 0) is 12.1 Å². The topological polar surface area (TPSA) is 49.2 Å². The zero-order valence-electron chi connectivity index (χ0n) is 11.0. The number of methoxy groups -OCH3 is 2. The molecule has 1 aromatic carbocycles. The molecule has 5 nitrogen and oxygen atoms in total. The average molecular weight is 287 g/mol. The molecule has 0 saturated carbocycles. The summed E-state index contributed by atoms with van der Waals surface area (Å²) in [6.07, 6.45) is -4.56. The molecule has 0 aliphatic carbocycles. The summed E-state index contributed by atoms with van der Waals surface area (Å²) in [5.41, 5.74) is 0.331. The van der Waals surface area contributed by atoms with Crippen LogP contribution in [0, 0.1) is 0 Å². The van der Waals surface area contributed by atoms with Crippen molar-refractivity contribution in [1.29, 1.82) is 0 Å². The minimum Gasteiger partial charge on any atom is -0.493 e. The Labute approximate surface area is 112 Å². The van der Waals surface area contributed by atoms with Crippen molar-refractivity contribution >= 4 is 0 Å². The number of benzene rings is 1. The molecular weight excluding hydrogens is 275 g/mol. The van der Waals surface area contributed by atoms with Gasteiger partial charge in [0, 0.05) is 7.05 Å². The number of ether oxygens (including phenoxy) is 2. The Hall–Kier alpha value is -2.25. The number of hydrogen-bond donors (Lipinski definition) is 0. The third-order valence-corrected chi connectivity index (χ3v) is 2.66. The maximum atomic E-state index is 12.7. The van der Waals surface area contributed by atoms with Gasteiger partial charge < -0.3 is 9.47 Å². The number of alkyl halides is 3. The molecule has 8 heteroatoms. The first-order valence-corrected chi connectivity index (χ1v) is 5.58. The zero-order chi connectivity index (χ0) is 14.9. The summed E-state index contributed by atoms with van der Waals surface area (Å²) in [5.74, 6) is -0.465. The van der Waals surface area contributed by atoms with E-state index in [2.05, 4.69) is 10.1 Å². The van der Waals surface area contributed by atoms with Crippen LogP contribution in [0.1, 0.15) is 5.82 Å². The highest BCUT2D eigenvalue weighted by atomic mass is 19.4. The quantitative estimate of drug-likeness (QED) is 0.870. The molecule has 0 saturated heterocycles. The summed E-state index contributed by atoms with van der Waals surface area (Å²) < 4.78 is 49.1. The molecular formula is C12H12F3N3O2. The maximum Gasteiger partial charge on any atom is 0.451 e. The molecule has 0 spiro atoms. The van der Waals surface area contributed by atoms with E-state index < -0.39 is 12.0 Å². The fourth-order valence-electron chi connectivity index (χ4n) is 1.81. The normalized spacial score (nSPS) is 11.5. The van der Waals surface area contributed by atoms with Crippen LogP contribution in [0.5, 0.6) is 11.5 Å². The molecule has 0 amide bonds. The van der Waals surface area contributed by atoms with Gasteiger partial charge >= 0.3 is 6.18 Å². The lowest BCUT2D eigenvalue weighted by atomic mass is 10.1. The third kappa shape index (κ3) is 2.40. The number of rotatable bonds is 3. The van der Waals surface area contributed by atoms with Crippen LogP contribution in [-0.2, 0) is 13.2 Å². The van der Waals surface area contributed by atoms with E-state index in [0.717, 1.165) is 0 Å². The first-order chi connectivity index (χ1) is 9.38. The standard InChI is InChI=1S/C12H12F3N3O2/c1-18-11(12(13,14)15)16-10(17-18)7-5-4-6-8(19-2)9(7)20-3/h4-6H,1-3H3. The molecule has 1 heterocycles. The van der Waals surface area contributed by atoms with E-state index in [-0.39, 0.29) is 11.6 Å². The molecule has 0 N–H and O–H groups in total. The van der Waals surface area contributed by atoms with Gasteiger partial charge in [-0.2, -0.15) is 18.3 Å². The molecule has 0 radical (unpaired) electrons. The molecule has 0 aliphatic heterocycles. The summed E-state index contributed by atoms with van der Waals surface area (Å²) >= 11 is 0. The average Bonchev–Trinajstić information content (AvgIpc) is 2.79. The zero-order valence-corrected chi connectivity index (χ0v) is 11.0. The van der Waals surface area contributed by atoms with Crippen molar-refractivity contribution in [3.05, 3.63) is 24.0 Å². The van der Waals surface area contributed by atoms with Gasteiger partial charge in [0.05, 0.1) is 19.8 Å². The van der Waals surface area contributed by atoms with E-state index in [4.69, 9.17) is 9.47 Å². The van der Waals surface area contributed by atoms with Gasteiger partial charge in [-0.3, -0.25) is 0 Å². The van der Waals surface area contributed by atoms with Crippen molar-refractivity contribution in [1.82, 2.24) is 14.8 Å². The Morgan fingerprint density at radius 3 is 2.35 bits per heavy atom. The molecule has 2 aromatic rings. The van der Waals surface area contributed by atoms with Crippen LogP contribution < -0.4 is 9.47 Å². The molecule has 0 unspecified atom stereocenters. The number of aromatic nitrogens is 3. The molecule has 0 aliphatic rings. The lowest BCUT2D eigenvalue weighted by Gasteiger charge is -2.10. The second-order valence-electron chi connectivity index (χ2n) is 3.92. The van der Waals surface area contributed by atoms with E-state index in [1.165, 1.54) is 21.3 Å². The summed E-state index contributed by atoms with van der Waals surface area (Å²) in [7, 11) is 4.02. The van der Waals surface area contributed by atoms with Crippen molar-refractivity contribution in [3.8, 4) is 22.9 Å². The highest BCUT2D eigenvalue weighted by Crippen LogP contribution is 2.37. The molecule has 0 bridgehead atoms. The van der Waals surface area contributed by atoms with Gasteiger partial charge in [-0.1, -0.05) is 6.07 Å². The largest absolute Gasteiger partial charge is 0.493 e. The van der Waals surface area contributed by atoms with Gasteiger partial charge in [0.25, 0.3) is 0 Å². The van der Waals surface area contributed by atoms with Crippen LogP contribution in [0.3, 0.4) is 0 Å². The lowest BCUT2D eigenvalue weighted by molar-refractivity contribution is -0.147. The van der Waals surface area contributed by atoms with E-state index >= 15 is 0 Å². The Morgan fingerprint density at radius 1 is 1.15 bits per heavy atom. The van der Waals surface area contributed by atoms with Gasteiger partial charge in [-0.25, -0.2) is 9.67 Å². The fraction of sp³-hybridized carbons (Fsp3) is 0.333. The second-order valence-corrected chi connectivity index (χ2v) is 3.92. The molecule has 20 heavy (non-hydrogen) atoms. The van der Waals surface area contributed by atoms with Gasteiger partial charge in [0.1, 0.15) is 0 Å². The summed E-state index contributed by atoms with van der Waals surface area (Å²) in [5, 5.41) is 3.78. The van der Waals surface area contributed by atoms with E-state index in [9.17, 15) is 13.2 Å². The van der Waals surface area contributed by atoms with Crippen LogP contribution in [0.4, 0.5) is 13.2 Å². The fourth-order valence-corrected chi connectivity index (χ4v) is 1.81. The molecule has 0 fully saturated rings. The first kappa shape index (κ1) is 14.2. The minimum atomic E-state index is -4.56. The maximum absolute atomic E-state index is 12.7. The molecule has 0 atom stereocenters. The molecule has 1 aromatic heterocycles. The Bertz CT molecular complexity index is 623. The van der Waals surface area contributed by atoms with Crippen molar-refractivity contribution < 1.29 is 22.6 Å². The number of nitrogens with zero attached hydrogens (tertiary/aromatic N) is 3. The Balaban J connectivity index is 2.58. The number of halogens is 3. The first-order valence-electron chi connectivity index (χ1n) is 5.58. The van der Waals surface area contributed by atoms with Gasteiger partial charge in [0.15, 0.2) is 17.3 Å². The van der Waals surface area contributed by atoms with Crippen molar-refractivity contribution in [3.63, 3.8) is 0 Å². The van der Waals surface area contributed by atoms with Crippen LogP contribution >= 0.6 is 0 Å². The summed E-state index contributed by atoms with van der Waals surface area (Å²) in [6, 6.07) is 4.83. The number of para-hydroxylation sites is 1. The van der Waals surface area contributed by atoms with E-state index in [0.29, 0.717) is 16.0 Å². The van der Waals surface area contributed by atoms with Crippen LogP contribution in [-0.4, -0.2) is 29.0 Å². The third-order valence-electron chi connectivity index (χ3n) is 2.66. The number of hydrogen-bond acceptors (Lipinski definition) is 4. The van der Waals surface area contributed by atoms with Crippen molar-refractivity contribution in [2.75, 3.05) is 14.2 Å². The smallest absolute Gasteiger partial charge is 0.451 e. The van der Waals surface area contributed by atoms with Crippen LogP contribution in [0.15, 0.2) is 18.2 Å². The minimum absolute atomic E-state index is 0.0735. The monoisotopic (exact) mass is 287 g/mol. The molecule has 2 rings (SSSR count). The van der Waals surface area contributed by atoms with Gasteiger partial charge in [0.2, 0.25) is 5.82 Å². The van der Waals surface area contributed by atoms with Crippen LogP contribution in [0.25, 0.3) is 11.4 Å². The predicted octanol–water partition coefficient (Wildman–Crippen LogP) is 2.52. The van der Waals surface area contributed by atoms with Crippen molar-refractivity contribution in [2.45, 2.75) is 6.18 Å². The Morgan fingerprint density at radius 2 is 1.85 bits per heavy atom. The summed E-state index contributed by atoms with van der Waals surface area (Å²) in [6.45, 7) is 0. The molecule has 108 valence electrons. The SMILES string of the molecule is COc1cccc(-c2nc(C(F)(F)F)n(C)n2)c1OC. The lowest BCUT2D eigenvalue weighted by Crippen LogP contribution is -2.13. The van der Waals surface area contributed by atoms with Crippen molar-refractivity contribution in [2.24, 2.45) is 7.05 Å².